The van der Waals surface area contributed by atoms with Gasteiger partial charge in [0.05, 0.1) is 0 Å². The first-order valence-electron chi connectivity index (χ1n) is 20.8. The topological polar surface area (TPSA) is 65.0 Å². The number of aromatic nitrogens is 3. The zero-order chi connectivity index (χ0) is 40.7. The van der Waals surface area contributed by atoms with Gasteiger partial charge in [0.1, 0.15) is 22.3 Å². The smallest absolute Gasteiger partial charge is 0.164 e. The summed E-state index contributed by atoms with van der Waals surface area (Å²) in [4.78, 5) is 15.6. The van der Waals surface area contributed by atoms with Crippen LogP contribution in [0.3, 0.4) is 0 Å². The average Bonchev–Trinajstić information content (AvgIpc) is 3.92. The first-order chi connectivity index (χ1) is 30.7. The minimum absolute atomic E-state index is 0.600. The van der Waals surface area contributed by atoms with Gasteiger partial charge in [-0.2, -0.15) is 0 Å². The normalized spacial score (nSPS) is 11.9. The minimum Gasteiger partial charge on any atom is -0.456 e. The molecule has 5 nitrogen and oxygen atoms in total. The molecule has 0 aliphatic rings. The van der Waals surface area contributed by atoms with Crippen molar-refractivity contribution >= 4 is 76.2 Å². The summed E-state index contributed by atoms with van der Waals surface area (Å²) >= 11 is 0. The molecular formula is C57H33N3O2. The number of benzene rings is 10. The predicted molar refractivity (Wildman–Crippen MR) is 254 cm³/mol. The Morgan fingerprint density at radius 2 is 0.774 bits per heavy atom. The summed E-state index contributed by atoms with van der Waals surface area (Å²) in [6.07, 6.45) is 0. The number of hydrogen-bond acceptors (Lipinski definition) is 5. The van der Waals surface area contributed by atoms with Crippen LogP contribution in [0.2, 0.25) is 0 Å². The van der Waals surface area contributed by atoms with Crippen molar-refractivity contribution in [3.8, 4) is 56.4 Å². The van der Waals surface area contributed by atoms with Gasteiger partial charge >= 0.3 is 0 Å². The first-order valence-corrected chi connectivity index (χ1v) is 20.8. The number of para-hydroxylation sites is 2. The molecule has 0 saturated carbocycles. The molecule has 0 atom stereocenters. The molecule has 0 unspecified atom stereocenters. The molecule has 0 fully saturated rings. The average molecular weight is 792 g/mol. The van der Waals surface area contributed by atoms with Crippen LogP contribution in [0.5, 0.6) is 0 Å². The number of hydrogen-bond donors (Lipinski definition) is 0. The highest BCUT2D eigenvalue weighted by atomic mass is 16.3. The third-order valence-corrected chi connectivity index (χ3v) is 12.3. The Morgan fingerprint density at radius 3 is 1.58 bits per heavy atom. The van der Waals surface area contributed by atoms with Gasteiger partial charge in [0.15, 0.2) is 17.5 Å². The van der Waals surface area contributed by atoms with Crippen LogP contribution in [0, 0.1) is 0 Å². The Hall–Kier alpha value is -8.41. The fourth-order valence-electron chi connectivity index (χ4n) is 9.28. The second-order valence-corrected chi connectivity index (χ2v) is 15.9. The molecule has 13 aromatic rings. The monoisotopic (exact) mass is 791 g/mol. The van der Waals surface area contributed by atoms with E-state index >= 15 is 0 Å². The summed E-state index contributed by atoms with van der Waals surface area (Å²) in [7, 11) is 0. The molecule has 3 heterocycles. The van der Waals surface area contributed by atoms with E-state index in [1.54, 1.807) is 0 Å². The van der Waals surface area contributed by atoms with Crippen molar-refractivity contribution in [2.45, 2.75) is 0 Å². The van der Waals surface area contributed by atoms with Gasteiger partial charge in [0.25, 0.3) is 0 Å². The maximum Gasteiger partial charge on any atom is 0.164 e. The molecule has 0 spiro atoms. The van der Waals surface area contributed by atoms with Crippen molar-refractivity contribution in [3.05, 3.63) is 200 Å². The van der Waals surface area contributed by atoms with Crippen LogP contribution in [0.25, 0.3) is 133 Å². The van der Waals surface area contributed by atoms with Crippen molar-refractivity contribution < 1.29 is 8.83 Å². The summed E-state index contributed by atoms with van der Waals surface area (Å²) in [5, 5.41) is 11.3. The summed E-state index contributed by atoms with van der Waals surface area (Å²) in [6, 6.07) is 70.0. The minimum atomic E-state index is 0.600. The Morgan fingerprint density at radius 1 is 0.258 bits per heavy atom. The lowest BCUT2D eigenvalue weighted by Gasteiger charge is -2.12. The van der Waals surface area contributed by atoms with Gasteiger partial charge in [-0.25, -0.2) is 15.0 Å². The van der Waals surface area contributed by atoms with Gasteiger partial charge in [0, 0.05) is 38.2 Å². The van der Waals surface area contributed by atoms with E-state index in [0.717, 1.165) is 104 Å². The van der Waals surface area contributed by atoms with Gasteiger partial charge in [-0.15, -0.1) is 0 Å². The lowest BCUT2D eigenvalue weighted by molar-refractivity contribution is 0.668. The Labute approximate surface area is 355 Å². The highest BCUT2D eigenvalue weighted by molar-refractivity contribution is 6.19. The van der Waals surface area contributed by atoms with E-state index in [2.05, 4.69) is 170 Å². The number of nitrogens with zero attached hydrogens (tertiary/aromatic N) is 3. The lowest BCUT2D eigenvalue weighted by atomic mass is 9.94. The largest absolute Gasteiger partial charge is 0.456 e. The van der Waals surface area contributed by atoms with E-state index in [0.29, 0.717) is 17.5 Å². The summed E-state index contributed by atoms with van der Waals surface area (Å²) in [5.41, 5.74) is 10.8. The van der Waals surface area contributed by atoms with Gasteiger partial charge in [-0.1, -0.05) is 158 Å². The van der Waals surface area contributed by atoms with Crippen LogP contribution in [0.1, 0.15) is 0 Å². The molecular weight excluding hydrogens is 759 g/mol. The summed E-state index contributed by atoms with van der Waals surface area (Å²) in [6.45, 7) is 0. The zero-order valence-electron chi connectivity index (χ0n) is 33.2. The lowest BCUT2D eigenvalue weighted by Crippen LogP contribution is -2.00. The van der Waals surface area contributed by atoms with Gasteiger partial charge in [-0.05, 0) is 97.0 Å². The molecule has 0 aliphatic heterocycles. The Balaban J connectivity index is 0.969. The Kier molecular flexibility index (Phi) is 7.54. The number of fused-ring (bicyclic) bond motifs is 10. The first kappa shape index (κ1) is 34.5. The SMILES string of the molecule is c1ccc2cc(-c3ccc(-c4nc(-c5ccc6c(-c7cccc8oc9ccccc9c78)cccc6c5)nc(-c5ccc6ccc7oc8ccccc8c7c6c5)n4)cc3)ccc2c1. The van der Waals surface area contributed by atoms with Crippen LogP contribution in [-0.4, -0.2) is 15.0 Å². The van der Waals surface area contributed by atoms with Crippen molar-refractivity contribution in [2.24, 2.45) is 0 Å². The molecule has 62 heavy (non-hydrogen) atoms. The molecule has 0 aliphatic carbocycles. The number of furan rings is 2. The van der Waals surface area contributed by atoms with E-state index in [1.807, 2.05) is 30.3 Å². The molecule has 0 N–H and O–H groups in total. The maximum atomic E-state index is 6.28. The van der Waals surface area contributed by atoms with E-state index in [4.69, 9.17) is 23.8 Å². The van der Waals surface area contributed by atoms with E-state index in [-0.39, 0.29) is 0 Å². The van der Waals surface area contributed by atoms with Crippen LogP contribution < -0.4 is 0 Å². The molecule has 0 amide bonds. The predicted octanol–water partition coefficient (Wildman–Crippen LogP) is 15.5. The molecule has 10 aromatic carbocycles. The van der Waals surface area contributed by atoms with E-state index < -0.39 is 0 Å². The van der Waals surface area contributed by atoms with E-state index in [1.165, 1.54) is 10.8 Å². The van der Waals surface area contributed by atoms with Gasteiger partial charge in [-0.3, -0.25) is 0 Å². The summed E-state index contributed by atoms with van der Waals surface area (Å²) in [5.74, 6) is 1.81. The maximum absolute atomic E-state index is 6.28. The molecule has 0 radical (unpaired) electrons. The quantitative estimate of drug-likeness (QED) is 0.174. The summed E-state index contributed by atoms with van der Waals surface area (Å²) < 4.78 is 12.6. The third-order valence-electron chi connectivity index (χ3n) is 12.3. The van der Waals surface area contributed by atoms with Crippen LogP contribution in [-0.2, 0) is 0 Å². The van der Waals surface area contributed by atoms with Gasteiger partial charge in [0.2, 0.25) is 0 Å². The highest BCUT2D eigenvalue weighted by Gasteiger charge is 2.18. The van der Waals surface area contributed by atoms with Crippen molar-refractivity contribution in [3.63, 3.8) is 0 Å². The zero-order valence-corrected chi connectivity index (χ0v) is 33.2. The van der Waals surface area contributed by atoms with Crippen molar-refractivity contribution in [1.82, 2.24) is 15.0 Å². The molecule has 288 valence electrons. The molecule has 13 rings (SSSR count). The molecule has 0 saturated heterocycles. The number of rotatable bonds is 5. The van der Waals surface area contributed by atoms with Gasteiger partial charge < -0.3 is 8.83 Å². The van der Waals surface area contributed by atoms with Crippen LogP contribution in [0.4, 0.5) is 0 Å². The molecule has 0 bridgehead atoms. The van der Waals surface area contributed by atoms with Crippen molar-refractivity contribution in [2.75, 3.05) is 0 Å². The molecule has 5 heteroatoms. The second kappa shape index (κ2) is 13.6. The second-order valence-electron chi connectivity index (χ2n) is 15.9. The fraction of sp³-hybridized carbons (Fsp3) is 0. The highest BCUT2D eigenvalue weighted by Crippen LogP contribution is 2.41. The van der Waals surface area contributed by atoms with Crippen LogP contribution in [0.15, 0.2) is 209 Å². The van der Waals surface area contributed by atoms with Crippen LogP contribution >= 0.6 is 0 Å². The Bertz CT molecular complexity index is 3940. The molecule has 3 aromatic heterocycles. The third kappa shape index (κ3) is 5.52. The van der Waals surface area contributed by atoms with Crippen molar-refractivity contribution in [1.29, 1.82) is 0 Å². The fourth-order valence-corrected chi connectivity index (χ4v) is 9.28. The standard InChI is InChI=1S/C57H33N3O2/c1-2-10-38-31-39(25-21-34(38)9-1)35-19-23-37(24-20-35)55-58-56(60-57(59-55)42-26-22-36-28-30-52-54(48(36)33-42)47-13-4-6-17-50(47)62-52)41-27-29-43-40(32-41)11-7-14-44(43)45-15-8-18-51-53(45)46-12-3-5-16-49(46)61-51/h1-33H. The van der Waals surface area contributed by atoms with E-state index in [9.17, 15) is 0 Å².